The number of nitro benzene ring substituents is 1. The first-order valence-corrected chi connectivity index (χ1v) is 5.87. The van der Waals surface area contributed by atoms with Crippen molar-refractivity contribution in [2.24, 2.45) is 0 Å². The minimum atomic E-state index is -0.983. The van der Waals surface area contributed by atoms with E-state index in [-0.39, 0.29) is 23.5 Å². The van der Waals surface area contributed by atoms with Gasteiger partial charge in [0.05, 0.1) is 16.6 Å². The number of nitriles is 1. The third-order valence-electron chi connectivity index (χ3n) is 2.79. The molecule has 0 aliphatic heterocycles. The van der Waals surface area contributed by atoms with Gasteiger partial charge in [-0.25, -0.2) is 8.78 Å². The molecule has 2 rings (SSSR count). The Kier molecular flexibility index (Phi) is 4.09. The predicted octanol–water partition coefficient (Wildman–Crippen LogP) is 3.36. The predicted molar refractivity (Wildman–Crippen MR) is 71.5 cm³/mol. The molecule has 0 fully saturated rings. The Morgan fingerprint density at radius 1 is 1.19 bits per heavy atom. The monoisotopic (exact) mass is 289 g/mol. The van der Waals surface area contributed by atoms with Gasteiger partial charge in [-0.1, -0.05) is 6.07 Å². The van der Waals surface area contributed by atoms with Gasteiger partial charge in [-0.3, -0.25) is 10.1 Å². The average molecular weight is 289 g/mol. The summed E-state index contributed by atoms with van der Waals surface area (Å²) in [5.41, 5.74) is 0.549. The number of nitro groups is 1. The SMILES string of the molecule is N#Cc1ccc(NCc2ccc(F)c(F)c2)c([N+](=O)[O-])c1. The fraction of sp³-hybridized carbons (Fsp3) is 0.0714. The van der Waals surface area contributed by atoms with Crippen LogP contribution in [-0.2, 0) is 6.54 Å². The molecular formula is C14H9F2N3O2. The fourth-order valence-corrected chi connectivity index (χ4v) is 1.75. The van der Waals surface area contributed by atoms with Crippen molar-refractivity contribution in [2.75, 3.05) is 5.32 Å². The molecule has 0 aromatic heterocycles. The Bertz CT molecular complexity index is 741. The van der Waals surface area contributed by atoms with Gasteiger partial charge in [0, 0.05) is 12.6 Å². The summed E-state index contributed by atoms with van der Waals surface area (Å²) in [4.78, 5) is 10.3. The van der Waals surface area contributed by atoms with Crippen LogP contribution in [0, 0.1) is 33.1 Å². The molecule has 0 saturated heterocycles. The van der Waals surface area contributed by atoms with Crippen LogP contribution in [0.3, 0.4) is 0 Å². The van der Waals surface area contributed by atoms with E-state index in [1.165, 1.54) is 18.2 Å². The quantitative estimate of drug-likeness (QED) is 0.691. The van der Waals surface area contributed by atoms with Gasteiger partial charge in [-0.15, -0.1) is 0 Å². The van der Waals surface area contributed by atoms with Crippen molar-refractivity contribution < 1.29 is 13.7 Å². The van der Waals surface area contributed by atoms with Crippen LogP contribution in [0.15, 0.2) is 36.4 Å². The lowest BCUT2D eigenvalue weighted by molar-refractivity contribution is -0.384. The van der Waals surface area contributed by atoms with Crippen LogP contribution in [0.25, 0.3) is 0 Å². The normalized spacial score (nSPS) is 9.95. The topological polar surface area (TPSA) is 79.0 Å². The van der Waals surface area contributed by atoms with Crippen molar-refractivity contribution in [3.63, 3.8) is 0 Å². The van der Waals surface area contributed by atoms with E-state index in [9.17, 15) is 18.9 Å². The Morgan fingerprint density at radius 3 is 2.57 bits per heavy atom. The number of benzene rings is 2. The summed E-state index contributed by atoms with van der Waals surface area (Å²) in [6.45, 7) is 0.0872. The Balaban J connectivity index is 2.21. The van der Waals surface area contributed by atoms with E-state index in [1.54, 1.807) is 0 Å². The number of hydrogen-bond donors (Lipinski definition) is 1. The van der Waals surface area contributed by atoms with Crippen molar-refractivity contribution in [1.29, 1.82) is 5.26 Å². The van der Waals surface area contributed by atoms with Gasteiger partial charge in [-0.2, -0.15) is 5.26 Å². The van der Waals surface area contributed by atoms with E-state index >= 15 is 0 Å². The van der Waals surface area contributed by atoms with E-state index in [2.05, 4.69) is 5.32 Å². The molecule has 106 valence electrons. The zero-order chi connectivity index (χ0) is 15.4. The summed E-state index contributed by atoms with van der Waals surface area (Å²) in [6.07, 6.45) is 0. The molecule has 0 spiro atoms. The third kappa shape index (κ3) is 3.30. The van der Waals surface area contributed by atoms with Crippen LogP contribution < -0.4 is 5.32 Å². The highest BCUT2D eigenvalue weighted by Gasteiger charge is 2.14. The van der Waals surface area contributed by atoms with Gasteiger partial charge in [-0.05, 0) is 29.8 Å². The number of rotatable bonds is 4. The molecule has 0 aliphatic rings. The Labute approximate surface area is 118 Å². The zero-order valence-electron chi connectivity index (χ0n) is 10.6. The van der Waals surface area contributed by atoms with Gasteiger partial charge < -0.3 is 5.32 Å². The van der Waals surface area contributed by atoms with Crippen molar-refractivity contribution in [1.82, 2.24) is 0 Å². The summed E-state index contributed by atoms with van der Waals surface area (Å²) in [5.74, 6) is -1.94. The largest absolute Gasteiger partial charge is 0.375 e. The molecule has 5 nitrogen and oxygen atoms in total. The lowest BCUT2D eigenvalue weighted by Crippen LogP contribution is -2.03. The fourth-order valence-electron chi connectivity index (χ4n) is 1.75. The van der Waals surface area contributed by atoms with Crippen molar-refractivity contribution >= 4 is 11.4 Å². The second kappa shape index (κ2) is 5.96. The van der Waals surface area contributed by atoms with Crippen LogP contribution in [0.5, 0.6) is 0 Å². The molecule has 0 radical (unpaired) electrons. The average Bonchev–Trinajstić information content (AvgIpc) is 2.48. The molecule has 0 aliphatic carbocycles. The van der Waals surface area contributed by atoms with Crippen LogP contribution in [-0.4, -0.2) is 4.92 Å². The zero-order valence-corrected chi connectivity index (χ0v) is 10.6. The van der Waals surface area contributed by atoms with Crippen LogP contribution >= 0.6 is 0 Å². The van der Waals surface area contributed by atoms with Crippen LogP contribution in [0.2, 0.25) is 0 Å². The first kappa shape index (κ1) is 14.4. The van der Waals surface area contributed by atoms with E-state index in [4.69, 9.17) is 5.26 Å². The lowest BCUT2D eigenvalue weighted by Gasteiger charge is -2.07. The second-order valence-corrected chi connectivity index (χ2v) is 4.20. The minimum Gasteiger partial charge on any atom is -0.375 e. The molecule has 2 aromatic rings. The summed E-state index contributed by atoms with van der Waals surface area (Å²) < 4.78 is 25.9. The molecule has 0 atom stereocenters. The molecule has 21 heavy (non-hydrogen) atoms. The highest BCUT2D eigenvalue weighted by atomic mass is 19.2. The summed E-state index contributed by atoms with van der Waals surface area (Å²) in [6, 6.07) is 9.16. The van der Waals surface area contributed by atoms with Crippen molar-refractivity contribution in [3.05, 3.63) is 69.3 Å². The van der Waals surface area contributed by atoms with Crippen LogP contribution in [0.1, 0.15) is 11.1 Å². The van der Waals surface area contributed by atoms with Crippen molar-refractivity contribution in [2.45, 2.75) is 6.54 Å². The highest BCUT2D eigenvalue weighted by molar-refractivity contribution is 5.64. The van der Waals surface area contributed by atoms with Gasteiger partial charge in [0.15, 0.2) is 11.6 Å². The summed E-state index contributed by atoms with van der Waals surface area (Å²) in [5, 5.41) is 22.4. The third-order valence-corrected chi connectivity index (χ3v) is 2.79. The summed E-state index contributed by atoms with van der Waals surface area (Å²) >= 11 is 0. The second-order valence-electron chi connectivity index (χ2n) is 4.20. The number of halogens is 2. The molecule has 2 aromatic carbocycles. The van der Waals surface area contributed by atoms with E-state index in [0.29, 0.717) is 5.56 Å². The summed E-state index contributed by atoms with van der Waals surface area (Å²) in [7, 11) is 0. The maximum Gasteiger partial charge on any atom is 0.293 e. The lowest BCUT2D eigenvalue weighted by atomic mass is 10.1. The first-order valence-electron chi connectivity index (χ1n) is 5.87. The molecule has 0 saturated carbocycles. The van der Waals surface area contributed by atoms with E-state index in [1.807, 2.05) is 6.07 Å². The standard InChI is InChI=1S/C14H9F2N3O2/c15-11-3-1-10(5-12(11)16)8-18-13-4-2-9(7-17)6-14(13)19(20)21/h1-6,18H,8H2. The molecule has 1 N–H and O–H groups in total. The highest BCUT2D eigenvalue weighted by Crippen LogP contribution is 2.26. The van der Waals surface area contributed by atoms with E-state index < -0.39 is 16.6 Å². The minimum absolute atomic E-state index is 0.0872. The van der Waals surface area contributed by atoms with Gasteiger partial charge in [0.1, 0.15) is 5.69 Å². The van der Waals surface area contributed by atoms with E-state index in [0.717, 1.165) is 18.2 Å². The van der Waals surface area contributed by atoms with Gasteiger partial charge in [0.2, 0.25) is 0 Å². The number of anilines is 1. The van der Waals surface area contributed by atoms with Gasteiger partial charge >= 0.3 is 0 Å². The molecular weight excluding hydrogens is 280 g/mol. The maximum atomic E-state index is 13.1. The molecule has 0 unspecified atom stereocenters. The first-order chi connectivity index (χ1) is 10.0. The number of nitrogens with zero attached hydrogens (tertiary/aromatic N) is 2. The smallest absolute Gasteiger partial charge is 0.293 e. The molecule has 0 amide bonds. The van der Waals surface area contributed by atoms with Crippen molar-refractivity contribution in [3.8, 4) is 6.07 Å². The molecule has 0 bridgehead atoms. The Morgan fingerprint density at radius 2 is 1.95 bits per heavy atom. The maximum absolute atomic E-state index is 13.1. The molecule has 0 heterocycles. The molecule has 7 heteroatoms. The Hall–Kier alpha value is -3.01. The van der Waals surface area contributed by atoms with Crippen LogP contribution in [0.4, 0.5) is 20.2 Å². The number of nitrogens with one attached hydrogen (secondary N) is 1. The van der Waals surface area contributed by atoms with Gasteiger partial charge in [0.25, 0.3) is 5.69 Å². The number of hydrogen-bond acceptors (Lipinski definition) is 4.